The maximum Gasteiger partial charge on any atom is 0.243 e. The lowest BCUT2D eigenvalue weighted by molar-refractivity contribution is -0.140. The summed E-state index contributed by atoms with van der Waals surface area (Å²) in [6.45, 7) is 3.69. The van der Waals surface area contributed by atoms with E-state index in [4.69, 9.17) is 23.2 Å². The molecule has 0 fully saturated rings. The molecule has 1 N–H and O–H groups in total. The highest BCUT2D eigenvalue weighted by atomic mass is 35.5. The number of halogens is 2. The van der Waals surface area contributed by atoms with Crippen LogP contribution in [0.5, 0.6) is 0 Å². The Morgan fingerprint density at radius 1 is 1.06 bits per heavy atom. The van der Waals surface area contributed by atoms with Crippen LogP contribution in [0.2, 0.25) is 10.0 Å². The number of amides is 2. The molecule has 174 valence electrons. The lowest BCUT2D eigenvalue weighted by Gasteiger charge is -2.30. The van der Waals surface area contributed by atoms with Crippen LogP contribution in [0.15, 0.2) is 53.4 Å². The van der Waals surface area contributed by atoms with Crippen molar-refractivity contribution in [1.29, 1.82) is 0 Å². The average Bonchev–Trinajstić information content (AvgIpc) is 2.75. The van der Waals surface area contributed by atoms with Gasteiger partial charge in [-0.3, -0.25) is 9.59 Å². The minimum atomic E-state index is -3.92. The maximum atomic E-state index is 13.2. The van der Waals surface area contributed by atoms with Gasteiger partial charge in [0.15, 0.2) is 0 Å². The number of sulfonamides is 1. The number of hydrogen-bond acceptors (Lipinski definition) is 4. The fourth-order valence-electron chi connectivity index (χ4n) is 2.96. The molecule has 0 heterocycles. The molecule has 32 heavy (non-hydrogen) atoms. The normalized spacial score (nSPS) is 12.4. The Morgan fingerprint density at radius 3 is 2.31 bits per heavy atom. The molecule has 0 aliphatic carbocycles. The van der Waals surface area contributed by atoms with Gasteiger partial charge < -0.3 is 10.2 Å². The van der Waals surface area contributed by atoms with E-state index in [0.29, 0.717) is 16.6 Å². The second kappa shape index (κ2) is 11.7. The number of nitrogens with one attached hydrogen (secondary N) is 1. The topological polar surface area (TPSA) is 86.8 Å². The zero-order valence-corrected chi connectivity index (χ0v) is 20.5. The van der Waals surface area contributed by atoms with Gasteiger partial charge in [0.25, 0.3) is 0 Å². The molecule has 0 radical (unpaired) electrons. The number of hydrogen-bond donors (Lipinski definition) is 1. The van der Waals surface area contributed by atoms with Gasteiger partial charge in [0, 0.05) is 30.2 Å². The fourth-order valence-corrected chi connectivity index (χ4v) is 4.42. The smallest absolute Gasteiger partial charge is 0.243 e. The average molecular weight is 500 g/mol. The Hall–Kier alpha value is -2.13. The van der Waals surface area contributed by atoms with Crippen molar-refractivity contribution in [3.8, 4) is 0 Å². The van der Waals surface area contributed by atoms with E-state index in [9.17, 15) is 18.0 Å². The fraction of sp³-hybridized carbons (Fsp3) is 0.364. The van der Waals surface area contributed by atoms with E-state index in [1.54, 1.807) is 31.2 Å². The van der Waals surface area contributed by atoms with Crippen molar-refractivity contribution >= 4 is 45.0 Å². The van der Waals surface area contributed by atoms with Crippen LogP contribution >= 0.6 is 23.2 Å². The van der Waals surface area contributed by atoms with Crippen LogP contribution in [-0.2, 0) is 26.2 Å². The predicted molar refractivity (Wildman–Crippen MR) is 126 cm³/mol. The second-order valence-corrected chi connectivity index (χ2v) is 10.3. The molecule has 0 aliphatic rings. The number of likely N-dealkylation sites (N-methyl/N-ethyl adjacent to an activating group) is 1. The summed E-state index contributed by atoms with van der Waals surface area (Å²) in [7, 11) is -2.60. The third kappa shape index (κ3) is 6.93. The van der Waals surface area contributed by atoms with Gasteiger partial charge in [-0.25, -0.2) is 8.42 Å². The molecule has 10 heteroatoms. The Morgan fingerprint density at radius 2 is 1.72 bits per heavy atom. The molecule has 1 unspecified atom stereocenters. The van der Waals surface area contributed by atoms with Crippen molar-refractivity contribution < 1.29 is 18.0 Å². The molecular formula is C22H27Cl2N3O4S. The maximum absolute atomic E-state index is 13.2. The van der Waals surface area contributed by atoms with Crippen LogP contribution in [0, 0.1) is 0 Å². The zero-order valence-electron chi connectivity index (χ0n) is 18.2. The molecule has 0 bridgehead atoms. The highest BCUT2D eigenvalue weighted by Crippen LogP contribution is 2.19. The summed E-state index contributed by atoms with van der Waals surface area (Å²) in [4.78, 5) is 27.1. The molecule has 0 aliphatic heterocycles. The van der Waals surface area contributed by atoms with Crippen LogP contribution < -0.4 is 5.32 Å². The minimum Gasteiger partial charge on any atom is -0.354 e. The third-order valence-electron chi connectivity index (χ3n) is 4.84. The molecule has 0 saturated carbocycles. The first kappa shape index (κ1) is 26.1. The highest BCUT2D eigenvalue weighted by molar-refractivity contribution is 7.89. The van der Waals surface area contributed by atoms with Crippen molar-refractivity contribution in [1.82, 2.24) is 14.5 Å². The van der Waals surface area contributed by atoms with Crippen LogP contribution in [0.3, 0.4) is 0 Å². The lowest BCUT2D eigenvalue weighted by atomic mass is 10.1. The van der Waals surface area contributed by atoms with Crippen molar-refractivity contribution in [2.75, 3.05) is 20.1 Å². The van der Waals surface area contributed by atoms with Gasteiger partial charge in [0.2, 0.25) is 21.8 Å². The molecule has 0 saturated heterocycles. The summed E-state index contributed by atoms with van der Waals surface area (Å²) in [5.74, 6) is -0.824. The highest BCUT2D eigenvalue weighted by Gasteiger charge is 2.30. The lowest BCUT2D eigenvalue weighted by Crippen LogP contribution is -2.50. The van der Waals surface area contributed by atoms with Crippen LogP contribution in [0.25, 0.3) is 0 Å². The Labute approximate surface area is 199 Å². The minimum absolute atomic E-state index is 0.0207. The number of rotatable bonds is 10. The predicted octanol–water partition coefficient (Wildman–Crippen LogP) is 3.56. The molecule has 7 nitrogen and oxygen atoms in total. The number of carbonyl (C=O) groups is 2. The van der Waals surface area contributed by atoms with Crippen LogP contribution in [0.1, 0.15) is 25.8 Å². The summed E-state index contributed by atoms with van der Waals surface area (Å²) in [5, 5.41) is 3.68. The Bertz CT molecular complexity index is 1050. The first-order chi connectivity index (χ1) is 15.1. The monoisotopic (exact) mass is 499 g/mol. The SMILES string of the molecule is CCCNC(=O)C(C)N(Cc1cccc(Cl)c1)C(=O)CN(C)S(=O)(=O)c1ccc(Cl)cc1. The van der Waals surface area contributed by atoms with Crippen molar-refractivity contribution in [2.45, 2.75) is 37.8 Å². The van der Waals surface area contributed by atoms with Gasteiger partial charge in [-0.05, 0) is 55.3 Å². The van der Waals surface area contributed by atoms with E-state index in [1.807, 2.05) is 6.92 Å². The van der Waals surface area contributed by atoms with Gasteiger partial charge in [-0.1, -0.05) is 42.3 Å². The van der Waals surface area contributed by atoms with Gasteiger partial charge in [-0.2, -0.15) is 4.31 Å². The third-order valence-corrected chi connectivity index (χ3v) is 7.14. The second-order valence-electron chi connectivity index (χ2n) is 7.33. The summed E-state index contributed by atoms with van der Waals surface area (Å²) >= 11 is 11.9. The van der Waals surface area contributed by atoms with Gasteiger partial charge in [0.05, 0.1) is 11.4 Å². The molecule has 2 amide bonds. The molecule has 0 aromatic heterocycles. The quantitative estimate of drug-likeness (QED) is 0.541. The molecule has 1 atom stereocenters. The van der Waals surface area contributed by atoms with Gasteiger partial charge >= 0.3 is 0 Å². The van der Waals surface area contributed by atoms with Crippen LogP contribution in [0.4, 0.5) is 0 Å². The van der Waals surface area contributed by atoms with Gasteiger partial charge in [0.1, 0.15) is 6.04 Å². The molecule has 2 rings (SSSR count). The number of carbonyl (C=O) groups excluding carboxylic acids is 2. The summed E-state index contributed by atoms with van der Waals surface area (Å²) in [5.41, 5.74) is 0.726. The molecular weight excluding hydrogens is 473 g/mol. The van der Waals surface area contributed by atoms with Gasteiger partial charge in [-0.15, -0.1) is 0 Å². The van der Waals surface area contributed by atoms with E-state index in [-0.39, 0.29) is 17.3 Å². The molecule has 2 aromatic carbocycles. The summed E-state index contributed by atoms with van der Waals surface area (Å²) in [6.07, 6.45) is 0.753. The van der Waals surface area contributed by atoms with E-state index in [2.05, 4.69) is 5.32 Å². The van der Waals surface area contributed by atoms with Crippen LogP contribution in [-0.4, -0.2) is 55.6 Å². The molecule has 0 spiro atoms. The standard InChI is InChI=1S/C22H27Cl2N3O4S/c1-4-12-25-22(29)16(2)27(14-17-6-5-7-19(24)13-17)21(28)15-26(3)32(30,31)20-10-8-18(23)9-11-20/h5-11,13,16H,4,12,14-15H2,1-3H3,(H,25,29). The summed E-state index contributed by atoms with van der Waals surface area (Å²) in [6, 6.07) is 11.8. The zero-order chi connectivity index (χ0) is 23.9. The van der Waals surface area contributed by atoms with E-state index < -0.39 is 28.5 Å². The van der Waals surface area contributed by atoms with E-state index >= 15 is 0 Å². The number of benzene rings is 2. The first-order valence-corrected chi connectivity index (χ1v) is 12.3. The number of nitrogens with zero attached hydrogens (tertiary/aromatic N) is 2. The van der Waals surface area contributed by atoms with Crippen molar-refractivity contribution in [3.05, 3.63) is 64.1 Å². The Kier molecular flexibility index (Phi) is 9.51. The van der Waals surface area contributed by atoms with E-state index in [0.717, 1.165) is 16.3 Å². The van der Waals surface area contributed by atoms with E-state index in [1.165, 1.54) is 36.2 Å². The van der Waals surface area contributed by atoms with Crippen molar-refractivity contribution in [2.24, 2.45) is 0 Å². The Balaban J connectivity index is 2.25. The molecule has 2 aromatic rings. The summed E-state index contributed by atoms with van der Waals surface area (Å²) < 4.78 is 26.7. The van der Waals surface area contributed by atoms with Crippen molar-refractivity contribution in [3.63, 3.8) is 0 Å². The largest absolute Gasteiger partial charge is 0.354 e. The first-order valence-electron chi connectivity index (χ1n) is 10.1.